The molecule has 0 saturated heterocycles. The number of aryl methyl sites for hydroxylation is 1. The van der Waals surface area contributed by atoms with Crippen LogP contribution in [0.1, 0.15) is 17.5 Å². The predicted molar refractivity (Wildman–Crippen MR) is 71.4 cm³/mol. The van der Waals surface area contributed by atoms with E-state index in [0.717, 1.165) is 5.56 Å². The molecule has 7 nitrogen and oxygen atoms in total. The molecule has 0 aliphatic rings. The van der Waals surface area contributed by atoms with Crippen LogP contribution in [0.15, 0.2) is 30.5 Å². The van der Waals surface area contributed by atoms with Crippen LogP contribution >= 0.6 is 0 Å². The van der Waals surface area contributed by atoms with Crippen molar-refractivity contribution in [3.63, 3.8) is 0 Å². The number of aliphatic hydroxyl groups excluding tert-OH is 1. The van der Waals surface area contributed by atoms with Gasteiger partial charge in [-0.1, -0.05) is 0 Å². The molecule has 3 rings (SSSR count). The molecule has 0 bridgehead atoms. The van der Waals surface area contributed by atoms with Gasteiger partial charge in [0.2, 0.25) is 0 Å². The summed E-state index contributed by atoms with van der Waals surface area (Å²) in [5, 5.41) is 28.7. The molecule has 8 heteroatoms. The van der Waals surface area contributed by atoms with E-state index < -0.39 is 6.10 Å². The third-order valence-electron chi connectivity index (χ3n) is 3.09. The zero-order chi connectivity index (χ0) is 14.8. The summed E-state index contributed by atoms with van der Waals surface area (Å²) >= 11 is 0. The molecule has 0 aliphatic heterocycles. The highest BCUT2D eigenvalue weighted by molar-refractivity contribution is 5.63. The number of tetrazole rings is 1. The van der Waals surface area contributed by atoms with Crippen molar-refractivity contribution in [2.45, 2.75) is 12.5 Å². The van der Waals surface area contributed by atoms with Gasteiger partial charge in [-0.05, 0) is 29.5 Å². The maximum absolute atomic E-state index is 13.0. The summed E-state index contributed by atoms with van der Waals surface area (Å²) in [5.74, 6) is 0.125. The van der Waals surface area contributed by atoms with Gasteiger partial charge in [-0.25, -0.2) is 4.39 Å². The first-order valence-corrected chi connectivity index (χ1v) is 6.33. The third kappa shape index (κ3) is 2.79. The number of nitrogens with zero attached hydrogens (tertiary/aromatic N) is 5. The zero-order valence-corrected chi connectivity index (χ0v) is 11.2. The molecular weight excluding hydrogens is 275 g/mol. The van der Waals surface area contributed by atoms with E-state index in [1.165, 1.54) is 16.9 Å². The van der Waals surface area contributed by atoms with Gasteiger partial charge in [0.15, 0.2) is 5.82 Å². The van der Waals surface area contributed by atoms with Gasteiger partial charge < -0.3 is 5.11 Å². The van der Waals surface area contributed by atoms with Gasteiger partial charge in [0.1, 0.15) is 5.82 Å². The Bertz CT molecular complexity index is 735. The van der Waals surface area contributed by atoms with Crippen molar-refractivity contribution < 1.29 is 9.50 Å². The summed E-state index contributed by atoms with van der Waals surface area (Å²) < 4.78 is 13.0. The van der Waals surface area contributed by atoms with E-state index in [4.69, 9.17) is 0 Å². The number of hydrogen-bond acceptors (Lipinski definition) is 5. The number of nitrogens with one attached hydrogen (secondary N) is 1. The SMILES string of the molecule is Cn1nnc(CC(O)c2cn[nH]c2-c2ccc(F)cc2)n1. The Hall–Kier alpha value is -2.61. The summed E-state index contributed by atoms with van der Waals surface area (Å²) in [6.45, 7) is 0. The second kappa shape index (κ2) is 5.41. The molecule has 0 aliphatic carbocycles. The lowest BCUT2D eigenvalue weighted by Crippen LogP contribution is -2.04. The van der Waals surface area contributed by atoms with Crippen molar-refractivity contribution in [1.29, 1.82) is 0 Å². The summed E-state index contributed by atoms with van der Waals surface area (Å²) in [6, 6.07) is 5.96. The highest BCUT2D eigenvalue weighted by Gasteiger charge is 2.18. The van der Waals surface area contributed by atoms with E-state index in [1.807, 2.05) is 0 Å². The Kier molecular flexibility index (Phi) is 3.44. The Morgan fingerprint density at radius 2 is 2.10 bits per heavy atom. The van der Waals surface area contributed by atoms with Gasteiger partial charge in [-0.15, -0.1) is 10.2 Å². The summed E-state index contributed by atoms with van der Waals surface area (Å²) in [7, 11) is 1.66. The van der Waals surface area contributed by atoms with E-state index in [1.54, 1.807) is 25.4 Å². The Balaban J connectivity index is 1.86. The molecule has 108 valence electrons. The molecule has 0 fully saturated rings. The first-order chi connectivity index (χ1) is 10.1. The minimum atomic E-state index is -0.826. The van der Waals surface area contributed by atoms with E-state index in [2.05, 4.69) is 25.6 Å². The Morgan fingerprint density at radius 3 is 2.76 bits per heavy atom. The van der Waals surface area contributed by atoms with Crippen LogP contribution in [0, 0.1) is 5.82 Å². The van der Waals surface area contributed by atoms with Gasteiger partial charge in [-0.2, -0.15) is 9.90 Å². The maximum Gasteiger partial charge on any atom is 0.177 e. The van der Waals surface area contributed by atoms with E-state index >= 15 is 0 Å². The fraction of sp³-hybridized carbons (Fsp3) is 0.231. The molecule has 0 saturated carbocycles. The normalized spacial score (nSPS) is 12.5. The van der Waals surface area contributed by atoms with Crippen LogP contribution in [-0.2, 0) is 13.5 Å². The fourth-order valence-electron chi connectivity index (χ4n) is 2.08. The quantitative estimate of drug-likeness (QED) is 0.747. The van der Waals surface area contributed by atoms with E-state index in [0.29, 0.717) is 17.1 Å². The number of aromatic nitrogens is 6. The lowest BCUT2D eigenvalue weighted by Gasteiger charge is -2.09. The fourth-order valence-corrected chi connectivity index (χ4v) is 2.08. The minimum Gasteiger partial charge on any atom is -0.388 e. The van der Waals surface area contributed by atoms with Crippen LogP contribution in [-0.4, -0.2) is 35.5 Å². The topological polar surface area (TPSA) is 92.5 Å². The largest absolute Gasteiger partial charge is 0.388 e. The second-order valence-electron chi connectivity index (χ2n) is 4.62. The smallest absolute Gasteiger partial charge is 0.177 e. The molecule has 1 atom stereocenters. The number of aliphatic hydroxyl groups is 1. The van der Waals surface area contributed by atoms with Crippen LogP contribution < -0.4 is 0 Å². The van der Waals surface area contributed by atoms with E-state index in [9.17, 15) is 9.50 Å². The standard InChI is InChI=1S/C13H13FN6O/c1-20-18-12(16-19-20)6-11(21)10-7-15-17-13(10)8-2-4-9(14)5-3-8/h2-5,7,11,21H,6H2,1H3,(H,15,17). The van der Waals surface area contributed by atoms with Crippen LogP contribution in [0.25, 0.3) is 11.3 Å². The molecule has 3 aromatic rings. The summed E-state index contributed by atoms with van der Waals surface area (Å²) in [6.07, 6.45) is 0.939. The first kappa shape index (κ1) is 13.4. The maximum atomic E-state index is 13.0. The highest BCUT2D eigenvalue weighted by atomic mass is 19.1. The molecule has 0 radical (unpaired) electrons. The molecule has 2 aromatic heterocycles. The van der Waals surface area contributed by atoms with Crippen LogP contribution in [0.4, 0.5) is 4.39 Å². The number of hydrogen-bond donors (Lipinski definition) is 2. The van der Waals surface area contributed by atoms with Gasteiger partial charge in [0, 0.05) is 17.5 Å². The van der Waals surface area contributed by atoms with Gasteiger partial charge in [0.05, 0.1) is 25.0 Å². The van der Waals surface area contributed by atoms with Crippen LogP contribution in [0.2, 0.25) is 0 Å². The zero-order valence-electron chi connectivity index (χ0n) is 11.2. The summed E-state index contributed by atoms with van der Waals surface area (Å²) in [5.41, 5.74) is 2.00. The molecule has 0 spiro atoms. The van der Waals surface area contributed by atoms with Gasteiger partial charge >= 0.3 is 0 Å². The molecule has 2 N–H and O–H groups in total. The molecule has 2 heterocycles. The Morgan fingerprint density at radius 1 is 1.33 bits per heavy atom. The van der Waals surface area contributed by atoms with Crippen molar-refractivity contribution in [1.82, 2.24) is 30.4 Å². The number of H-pyrrole nitrogens is 1. The number of benzene rings is 1. The number of rotatable bonds is 4. The molecule has 21 heavy (non-hydrogen) atoms. The molecule has 1 unspecified atom stereocenters. The van der Waals surface area contributed by atoms with Crippen molar-refractivity contribution in [2.24, 2.45) is 7.05 Å². The third-order valence-corrected chi connectivity index (χ3v) is 3.09. The molecular formula is C13H13FN6O. The van der Waals surface area contributed by atoms with Crippen molar-refractivity contribution in [3.8, 4) is 11.3 Å². The predicted octanol–water partition coefficient (Wildman–Crippen LogP) is 1.02. The summed E-state index contributed by atoms with van der Waals surface area (Å²) in [4.78, 5) is 1.33. The van der Waals surface area contributed by atoms with Gasteiger partial charge in [-0.3, -0.25) is 5.10 Å². The lowest BCUT2D eigenvalue weighted by molar-refractivity contribution is 0.176. The van der Waals surface area contributed by atoms with Crippen LogP contribution in [0.3, 0.4) is 0 Å². The lowest BCUT2D eigenvalue weighted by atomic mass is 10.0. The van der Waals surface area contributed by atoms with Gasteiger partial charge in [0.25, 0.3) is 0 Å². The highest BCUT2D eigenvalue weighted by Crippen LogP contribution is 2.27. The Labute approximate surface area is 119 Å². The average Bonchev–Trinajstić information content (AvgIpc) is 3.09. The molecule has 1 aromatic carbocycles. The minimum absolute atomic E-state index is 0.224. The first-order valence-electron chi connectivity index (χ1n) is 6.33. The monoisotopic (exact) mass is 288 g/mol. The number of aromatic amines is 1. The van der Waals surface area contributed by atoms with Crippen molar-refractivity contribution >= 4 is 0 Å². The molecule has 0 amide bonds. The van der Waals surface area contributed by atoms with Crippen molar-refractivity contribution in [3.05, 3.63) is 47.7 Å². The van der Waals surface area contributed by atoms with Crippen molar-refractivity contribution in [2.75, 3.05) is 0 Å². The average molecular weight is 288 g/mol. The second-order valence-corrected chi connectivity index (χ2v) is 4.62. The van der Waals surface area contributed by atoms with Crippen LogP contribution in [0.5, 0.6) is 0 Å². The van der Waals surface area contributed by atoms with E-state index in [-0.39, 0.29) is 12.2 Å². The number of halogens is 1.